The first-order valence-corrected chi connectivity index (χ1v) is 6.86. The Bertz CT molecular complexity index is 390. The molecule has 0 spiro atoms. The Kier molecular flexibility index (Phi) is 7.97. The second-order valence-electron chi connectivity index (χ2n) is 3.86. The molecule has 0 aliphatic rings. The van der Waals surface area contributed by atoms with Crippen LogP contribution in [0.15, 0.2) is 16.6 Å². The molecule has 0 unspecified atom stereocenters. The number of nitrogens with two attached hydrogens (primary N) is 1. The van der Waals surface area contributed by atoms with E-state index < -0.39 is 5.82 Å². The van der Waals surface area contributed by atoms with Crippen molar-refractivity contribution in [2.24, 2.45) is 5.73 Å². The highest BCUT2D eigenvalue weighted by molar-refractivity contribution is 9.10. The Morgan fingerprint density at radius 3 is 2.68 bits per heavy atom. The van der Waals surface area contributed by atoms with Gasteiger partial charge in [-0.25, -0.2) is 4.39 Å². The largest absolute Gasteiger partial charge is 0.488 e. The first-order valence-electron chi connectivity index (χ1n) is 6.07. The molecular formula is C13H19BrFNO3. The Hall–Kier alpha value is -0.690. The third-order valence-corrected chi connectivity index (χ3v) is 3.33. The van der Waals surface area contributed by atoms with Gasteiger partial charge in [0.2, 0.25) is 0 Å². The lowest BCUT2D eigenvalue weighted by atomic mass is 10.2. The monoisotopic (exact) mass is 335 g/mol. The second kappa shape index (κ2) is 9.25. The molecule has 0 amide bonds. The predicted octanol–water partition coefficient (Wildman–Crippen LogP) is 2.48. The third-order valence-electron chi connectivity index (χ3n) is 2.47. The summed E-state index contributed by atoms with van der Waals surface area (Å²) >= 11 is 3.16. The molecule has 1 aromatic rings. The van der Waals surface area contributed by atoms with Crippen LogP contribution in [0.4, 0.5) is 4.39 Å². The van der Waals surface area contributed by atoms with Crippen LogP contribution in [0.3, 0.4) is 0 Å². The van der Waals surface area contributed by atoms with Crippen LogP contribution in [-0.2, 0) is 16.0 Å². The number of methoxy groups -OCH3 is 1. The Morgan fingerprint density at radius 1 is 1.21 bits per heavy atom. The van der Waals surface area contributed by atoms with Crippen LogP contribution in [0.2, 0.25) is 0 Å². The van der Waals surface area contributed by atoms with Crippen LogP contribution in [-0.4, -0.2) is 33.5 Å². The fourth-order valence-corrected chi connectivity index (χ4v) is 1.95. The van der Waals surface area contributed by atoms with Gasteiger partial charge in [0.25, 0.3) is 0 Å². The molecule has 4 nitrogen and oxygen atoms in total. The maximum atomic E-state index is 13.8. The molecule has 1 rings (SSSR count). The zero-order valence-electron chi connectivity index (χ0n) is 11.0. The highest BCUT2D eigenvalue weighted by Gasteiger charge is 2.11. The smallest absolute Gasteiger partial charge is 0.179 e. The zero-order valence-corrected chi connectivity index (χ0v) is 12.5. The van der Waals surface area contributed by atoms with Crippen molar-refractivity contribution in [1.82, 2.24) is 0 Å². The van der Waals surface area contributed by atoms with Crippen molar-refractivity contribution in [2.45, 2.75) is 13.0 Å². The summed E-state index contributed by atoms with van der Waals surface area (Å²) in [6.45, 7) is 2.27. The van der Waals surface area contributed by atoms with Crippen LogP contribution in [0.25, 0.3) is 0 Å². The molecule has 0 saturated heterocycles. The van der Waals surface area contributed by atoms with E-state index in [2.05, 4.69) is 15.9 Å². The number of hydrogen-bond acceptors (Lipinski definition) is 4. The van der Waals surface area contributed by atoms with Crippen LogP contribution >= 0.6 is 15.9 Å². The first kappa shape index (κ1) is 16.4. The minimum absolute atomic E-state index is 0.199. The van der Waals surface area contributed by atoms with Gasteiger partial charge in [-0.3, -0.25) is 0 Å². The molecule has 1 aromatic carbocycles. The highest BCUT2D eigenvalue weighted by Crippen LogP contribution is 2.28. The molecule has 19 heavy (non-hydrogen) atoms. The number of hydrogen-bond donors (Lipinski definition) is 1. The zero-order chi connectivity index (χ0) is 14.1. The van der Waals surface area contributed by atoms with Gasteiger partial charge in [0, 0.05) is 26.9 Å². The lowest BCUT2D eigenvalue weighted by Gasteiger charge is -2.10. The Balaban J connectivity index is 2.32. The van der Waals surface area contributed by atoms with Crippen LogP contribution in [0.5, 0.6) is 5.75 Å². The van der Waals surface area contributed by atoms with E-state index in [0.29, 0.717) is 36.5 Å². The average Bonchev–Trinajstić information content (AvgIpc) is 2.42. The number of halogens is 2. The van der Waals surface area contributed by atoms with E-state index in [-0.39, 0.29) is 12.3 Å². The van der Waals surface area contributed by atoms with E-state index >= 15 is 0 Å². The topological polar surface area (TPSA) is 53.7 Å². The summed E-state index contributed by atoms with van der Waals surface area (Å²) in [5, 5.41) is 0. The van der Waals surface area contributed by atoms with Crippen molar-refractivity contribution in [3.05, 3.63) is 28.0 Å². The van der Waals surface area contributed by atoms with Crippen molar-refractivity contribution in [1.29, 1.82) is 0 Å². The fraction of sp³-hybridized carbons (Fsp3) is 0.538. The third kappa shape index (κ3) is 5.44. The molecule has 0 fully saturated rings. The van der Waals surface area contributed by atoms with Gasteiger partial charge in [-0.1, -0.05) is 6.07 Å². The van der Waals surface area contributed by atoms with Gasteiger partial charge in [-0.15, -0.1) is 0 Å². The number of benzene rings is 1. The van der Waals surface area contributed by atoms with Crippen molar-refractivity contribution in [2.75, 3.05) is 33.5 Å². The summed E-state index contributed by atoms with van der Waals surface area (Å²) in [4.78, 5) is 0. The molecule has 0 saturated carbocycles. The van der Waals surface area contributed by atoms with Crippen molar-refractivity contribution < 1.29 is 18.6 Å². The molecule has 108 valence electrons. The van der Waals surface area contributed by atoms with E-state index in [1.54, 1.807) is 19.2 Å². The van der Waals surface area contributed by atoms with Crippen LogP contribution < -0.4 is 10.5 Å². The molecule has 0 radical (unpaired) electrons. The highest BCUT2D eigenvalue weighted by atomic mass is 79.9. The normalized spacial score (nSPS) is 10.7. The average molecular weight is 336 g/mol. The molecule has 6 heteroatoms. The fourth-order valence-electron chi connectivity index (χ4n) is 1.46. The maximum absolute atomic E-state index is 13.8. The lowest BCUT2D eigenvalue weighted by molar-refractivity contribution is 0.0796. The van der Waals surface area contributed by atoms with Gasteiger partial charge < -0.3 is 19.9 Å². The van der Waals surface area contributed by atoms with Crippen molar-refractivity contribution in [3.8, 4) is 5.75 Å². The summed E-state index contributed by atoms with van der Waals surface area (Å²) in [5.74, 6) is -0.230. The van der Waals surface area contributed by atoms with Gasteiger partial charge in [0.05, 0.1) is 11.1 Å². The standard InChI is InChI=1S/C13H19BrFNO3/c1-17-5-2-6-18-7-8-19-11-4-3-10(9-16)12(14)13(11)15/h3-4H,2,5-9,16H2,1H3. The quantitative estimate of drug-likeness (QED) is 0.704. The van der Waals surface area contributed by atoms with Gasteiger partial charge in [-0.2, -0.15) is 0 Å². The SMILES string of the molecule is COCCCOCCOc1ccc(CN)c(Br)c1F. The number of ether oxygens (including phenoxy) is 3. The second-order valence-corrected chi connectivity index (χ2v) is 4.66. The Labute approximate surface area is 121 Å². The van der Waals surface area contributed by atoms with Gasteiger partial charge in [0.15, 0.2) is 11.6 Å². The van der Waals surface area contributed by atoms with Gasteiger partial charge in [-0.05, 0) is 34.0 Å². The molecule has 0 heterocycles. The molecule has 2 N–H and O–H groups in total. The molecule has 0 bridgehead atoms. The maximum Gasteiger partial charge on any atom is 0.179 e. The Morgan fingerprint density at radius 2 is 2.00 bits per heavy atom. The van der Waals surface area contributed by atoms with E-state index in [4.69, 9.17) is 19.9 Å². The van der Waals surface area contributed by atoms with Gasteiger partial charge >= 0.3 is 0 Å². The summed E-state index contributed by atoms with van der Waals surface area (Å²) < 4.78 is 29.7. The summed E-state index contributed by atoms with van der Waals surface area (Å²) in [5.41, 5.74) is 6.19. The molecule has 0 aliphatic carbocycles. The van der Waals surface area contributed by atoms with E-state index in [1.165, 1.54) is 0 Å². The predicted molar refractivity (Wildman–Crippen MR) is 74.8 cm³/mol. The molecule has 0 aliphatic heterocycles. The van der Waals surface area contributed by atoms with Crippen LogP contribution in [0.1, 0.15) is 12.0 Å². The van der Waals surface area contributed by atoms with E-state index in [0.717, 1.165) is 6.42 Å². The van der Waals surface area contributed by atoms with Crippen molar-refractivity contribution >= 4 is 15.9 Å². The van der Waals surface area contributed by atoms with Gasteiger partial charge in [0.1, 0.15) is 6.61 Å². The van der Waals surface area contributed by atoms with E-state index in [9.17, 15) is 4.39 Å². The summed E-state index contributed by atoms with van der Waals surface area (Å²) in [7, 11) is 1.65. The number of rotatable bonds is 9. The summed E-state index contributed by atoms with van der Waals surface area (Å²) in [6.07, 6.45) is 0.835. The lowest BCUT2D eigenvalue weighted by Crippen LogP contribution is -2.10. The first-order chi connectivity index (χ1) is 9.20. The molecular weight excluding hydrogens is 317 g/mol. The van der Waals surface area contributed by atoms with Crippen molar-refractivity contribution in [3.63, 3.8) is 0 Å². The molecule has 0 atom stereocenters. The summed E-state index contributed by atoms with van der Waals surface area (Å²) in [6, 6.07) is 3.31. The minimum atomic E-state index is -0.428. The minimum Gasteiger partial charge on any atom is -0.488 e. The molecule has 0 aromatic heterocycles. The van der Waals surface area contributed by atoms with E-state index in [1.807, 2.05) is 0 Å². The van der Waals surface area contributed by atoms with Crippen LogP contribution in [0, 0.1) is 5.82 Å².